The Bertz CT molecular complexity index is 544. The van der Waals surface area contributed by atoms with Crippen molar-refractivity contribution >= 4 is 5.71 Å². The van der Waals surface area contributed by atoms with Crippen LogP contribution in [0, 0.1) is 0 Å². The van der Waals surface area contributed by atoms with Gasteiger partial charge in [-0.15, -0.1) is 0 Å². The molecular formula is C14H12F3NO. The summed E-state index contributed by atoms with van der Waals surface area (Å²) in [5, 5.41) is 0. The summed E-state index contributed by atoms with van der Waals surface area (Å²) in [7, 11) is 0. The monoisotopic (exact) mass is 267 g/mol. The average Bonchev–Trinajstić information content (AvgIpc) is 2.88. The molecule has 0 N–H and O–H groups in total. The van der Waals surface area contributed by atoms with Crippen LogP contribution in [0.25, 0.3) is 0 Å². The number of rotatable bonds is 3. The zero-order valence-corrected chi connectivity index (χ0v) is 10.2. The number of nitrogens with zero attached hydrogens (tertiary/aromatic N) is 1. The van der Waals surface area contributed by atoms with Gasteiger partial charge in [-0.2, -0.15) is 13.2 Å². The average molecular weight is 267 g/mol. The van der Waals surface area contributed by atoms with Gasteiger partial charge in [0.25, 0.3) is 0 Å². The molecule has 1 atom stereocenters. The number of alkyl halides is 3. The molecule has 5 heteroatoms. The standard InChI is InChI=1S/C14H12F3NO/c1-10(11-6-3-2-4-7-11)18-13(14(15,16)17)12-8-5-9-19-12/h2-9,13H,1H3/t13-/m0/s1. The highest BCUT2D eigenvalue weighted by Crippen LogP contribution is 2.36. The third-order valence-corrected chi connectivity index (χ3v) is 2.64. The Kier molecular flexibility index (Phi) is 3.74. The molecule has 0 unspecified atom stereocenters. The van der Waals surface area contributed by atoms with Crippen LogP contribution < -0.4 is 0 Å². The molecule has 0 bridgehead atoms. The maximum absolute atomic E-state index is 13.0. The largest absolute Gasteiger partial charge is 0.467 e. The second-order valence-electron chi connectivity index (χ2n) is 4.04. The van der Waals surface area contributed by atoms with Gasteiger partial charge >= 0.3 is 6.18 Å². The molecule has 0 spiro atoms. The molecule has 0 amide bonds. The van der Waals surface area contributed by atoms with Crippen molar-refractivity contribution in [3.8, 4) is 0 Å². The van der Waals surface area contributed by atoms with Crippen LogP contribution in [-0.4, -0.2) is 11.9 Å². The van der Waals surface area contributed by atoms with E-state index in [-0.39, 0.29) is 5.76 Å². The lowest BCUT2D eigenvalue weighted by Gasteiger charge is -2.15. The van der Waals surface area contributed by atoms with Crippen LogP contribution in [0.3, 0.4) is 0 Å². The molecule has 0 aliphatic carbocycles. The summed E-state index contributed by atoms with van der Waals surface area (Å²) >= 11 is 0. The third kappa shape index (κ3) is 3.24. The molecular weight excluding hydrogens is 255 g/mol. The molecule has 1 aromatic carbocycles. The number of hydrogen-bond donors (Lipinski definition) is 0. The molecule has 2 nitrogen and oxygen atoms in total. The first kappa shape index (κ1) is 13.4. The highest BCUT2D eigenvalue weighted by molar-refractivity contribution is 5.98. The predicted octanol–water partition coefficient (Wildman–Crippen LogP) is 4.39. The normalized spacial score (nSPS) is 14.4. The molecule has 19 heavy (non-hydrogen) atoms. The number of aliphatic imine (C=N–C) groups is 1. The smallest absolute Gasteiger partial charge is 0.418 e. The van der Waals surface area contributed by atoms with Gasteiger partial charge in [-0.05, 0) is 24.6 Å². The van der Waals surface area contributed by atoms with E-state index in [2.05, 4.69) is 4.99 Å². The summed E-state index contributed by atoms with van der Waals surface area (Å²) in [6.07, 6.45) is -3.27. The summed E-state index contributed by atoms with van der Waals surface area (Å²) in [5.74, 6) is -0.206. The van der Waals surface area contributed by atoms with Gasteiger partial charge < -0.3 is 4.42 Å². The van der Waals surface area contributed by atoms with Gasteiger partial charge in [0.2, 0.25) is 6.04 Å². The fraction of sp³-hybridized carbons (Fsp3) is 0.214. The van der Waals surface area contributed by atoms with E-state index in [1.807, 2.05) is 0 Å². The molecule has 2 aromatic rings. The first-order valence-electron chi connectivity index (χ1n) is 5.68. The van der Waals surface area contributed by atoms with Crippen LogP contribution >= 0.6 is 0 Å². The minimum Gasteiger partial charge on any atom is -0.467 e. The van der Waals surface area contributed by atoms with E-state index in [0.29, 0.717) is 11.3 Å². The number of furan rings is 1. The van der Waals surface area contributed by atoms with Crippen LogP contribution in [-0.2, 0) is 0 Å². The zero-order chi connectivity index (χ0) is 13.9. The van der Waals surface area contributed by atoms with E-state index in [1.165, 1.54) is 18.4 Å². The minimum atomic E-state index is -4.48. The van der Waals surface area contributed by atoms with Crippen molar-refractivity contribution in [2.45, 2.75) is 19.1 Å². The molecule has 0 saturated carbocycles. The minimum absolute atomic E-state index is 0.206. The van der Waals surface area contributed by atoms with Crippen molar-refractivity contribution in [3.63, 3.8) is 0 Å². The van der Waals surface area contributed by atoms with Crippen LogP contribution in [0.2, 0.25) is 0 Å². The molecule has 0 fully saturated rings. The maximum atomic E-state index is 13.0. The predicted molar refractivity (Wildman–Crippen MR) is 66.2 cm³/mol. The van der Waals surface area contributed by atoms with Crippen molar-refractivity contribution in [1.29, 1.82) is 0 Å². The molecule has 0 aliphatic rings. The van der Waals surface area contributed by atoms with Gasteiger partial charge in [0.15, 0.2) is 0 Å². The summed E-state index contributed by atoms with van der Waals surface area (Å²) in [4.78, 5) is 3.76. The van der Waals surface area contributed by atoms with Crippen LogP contribution in [0.15, 0.2) is 58.1 Å². The van der Waals surface area contributed by atoms with Gasteiger partial charge in [0.05, 0.1) is 6.26 Å². The van der Waals surface area contributed by atoms with Crippen LogP contribution in [0.5, 0.6) is 0 Å². The molecule has 0 radical (unpaired) electrons. The highest BCUT2D eigenvalue weighted by Gasteiger charge is 2.42. The van der Waals surface area contributed by atoms with E-state index in [4.69, 9.17) is 4.42 Å². The molecule has 0 saturated heterocycles. The summed E-state index contributed by atoms with van der Waals surface area (Å²) in [6, 6.07) is 9.46. The number of hydrogen-bond acceptors (Lipinski definition) is 2. The van der Waals surface area contributed by atoms with E-state index < -0.39 is 12.2 Å². The van der Waals surface area contributed by atoms with E-state index in [1.54, 1.807) is 37.3 Å². The second kappa shape index (κ2) is 5.30. The highest BCUT2D eigenvalue weighted by atomic mass is 19.4. The van der Waals surface area contributed by atoms with Crippen molar-refractivity contribution < 1.29 is 17.6 Å². The molecule has 1 aromatic heterocycles. The van der Waals surface area contributed by atoms with Crippen molar-refractivity contribution in [1.82, 2.24) is 0 Å². The zero-order valence-electron chi connectivity index (χ0n) is 10.2. The lowest BCUT2D eigenvalue weighted by atomic mass is 10.1. The van der Waals surface area contributed by atoms with Crippen molar-refractivity contribution in [3.05, 3.63) is 60.1 Å². The Morgan fingerprint density at radius 3 is 2.32 bits per heavy atom. The van der Waals surface area contributed by atoms with Crippen molar-refractivity contribution in [2.75, 3.05) is 0 Å². The quantitative estimate of drug-likeness (QED) is 0.757. The number of benzene rings is 1. The molecule has 0 aliphatic heterocycles. The van der Waals surface area contributed by atoms with Gasteiger partial charge in [-0.25, -0.2) is 0 Å². The van der Waals surface area contributed by atoms with Gasteiger partial charge in [-0.3, -0.25) is 4.99 Å². The first-order chi connectivity index (χ1) is 8.98. The van der Waals surface area contributed by atoms with Crippen LogP contribution in [0.4, 0.5) is 13.2 Å². The van der Waals surface area contributed by atoms with Crippen LogP contribution in [0.1, 0.15) is 24.3 Å². The third-order valence-electron chi connectivity index (χ3n) is 2.64. The Labute approximate surface area is 108 Å². The Balaban J connectivity index is 2.36. The van der Waals surface area contributed by atoms with E-state index in [9.17, 15) is 13.2 Å². The van der Waals surface area contributed by atoms with E-state index in [0.717, 1.165) is 0 Å². The first-order valence-corrected chi connectivity index (χ1v) is 5.68. The van der Waals surface area contributed by atoms with Crippen molar-refractivity contribution in [2.24, 2.45) is 4.99 Å². The Morgan fingerprint density at radius 2 is 1.79 bits per heavy atom. The summed E-state index contributed by atoms with van der Waals surface area (Å²) < 4.78 is 43.8. The van der Waals surface area contributed by atoms with Gasteiger partial charge in [-0.1, -0.05) is 30.3 Å². The van der Waals surface area contributed by atoms with Gasteiger partial charge in [0.1, 0.15) is 5.76 Å². The fourth-order valence-electron chi connectivity index (χ4n) is 1.69. The topological polar surface area (TPSA) is 25.5 Å². The summed E-state index contributed by atoms with van der Waals surface area (Å²) in [6.45, 7) is 1.55. The Hall–Kier alpha value is -2.04. The lowest BCUT2D eigenvalue weighted by Crippen LogP contribution is -2.20. The molecule has 100 valence electrons. The lowest BCUT2D eigenvalue weighted by molar-refractivity contribution is -0.152. The van der Waals surface area contributed by atoms with E-state index >= 15 is 0 Å². The number of halogens is 3. The maximum Gasteiger partial charge on any atom is 0.418 e. The molecule has 2 rings (SSSR count). The fourth-order valence-corrected chi connectivity index (χ4v) is 1.69. The molecule has 1 heterocycles. The SMILES string of the molecule is CC(=N[C@@H](c1ccco1)C(F)(F)F)c1ccccc1. The van der Waals surface area contributed by atoms with Gasteiger partial charge in [0, 0.05) is 5.71 Å². The second-order valence-corrected chi connectivity index (χ2v) is 4.04. The summed E-state index contributed by atoms with van der Waals surface area (Å²) in [5.41, 5.74) is 0.975. The Morgan fingerprint density at radius 1 is 1.11 bits per heavy atom.